The van der Waals surface area contributed by atoms with Crippen LogP contribution in [-0.4, -0.2) is 32.8 Å². The minimum absolute atomic E-state index is 0.0622. The van der Waals surface area contributed by atoms with Gasteiger partial charge in [-0.25, -0.2) is 4.68 Å². The molecule has 21 heavy (non-hydrogen) atoms. The van der Waals surface area contributed by atoms with Crippen LogP contribution in [0.3, 0.4) is 0 Å². The summed E-state index contributed by atoms with van der Waals surface area (Å²) in [5.74, 6) is 0.877. The summed E-state index contributed by atoms with van der Waals surface area (Å²) < 4.78 is 7.29. The van der Waals surface area contributed by atoms with Gasteiger partial charge in [-0.15, -0.1) is 5.10 Å². The summed E-state index contributed by atoms with van der Waals surface area (Å²) in [6.45, 7) is 7.18. The average Bonchev–Trinajstić information content (AvgIpc) is 2.85. The van der Waals surface area contributed by atoms with E-state index in [1.165, 1.54) is 0 Å². The van der Waals surface area contributed by atoms with Gasteiger partial charge in [0.1, 0.15) is 11.4 Å². The number of anilines is 1. The Morgan fingerprint density at radius 1 is 1.38 bits per heavy atom. The van der Waals surface area contributed by atoms with Gasteiger partial charge in [-0.05, 0) is 44.5 Å². The first-order valence-electron chi connectivity index (χ1n) is 7.09. The van der Waals surface area contributed by atoms with Gasteiger partial charge in [-0.3, -0.25) is 0 Å². The first-order chi connectivity index (χ1) is 10.1. The van der Waals surface area contributed by atoms with Crippen LogP contribution in [0.25, 0.3) is 0 Å². The molecule has 2 aromatic rings. The number of hydrogen-bond donors (Lipinski definition) is 2. The summed E-state index contributed by atoms with van der Waals surface area (Å²) in [5.41, 5.74) is 3.00. The van der Waals surface area contributed by atoms with Gasteiger partial charge >= 0.3 is 0 Å². The van der Waals surface area contributed by atoms with Crippen LogP contribution in [0.2, 0.25) is 0 Å². The Bertz CT molecular complexity index is 581. The molecule has 1 aromatic heterocycles. The van der Waals surface area contributed by atoms with Crippen LogP contribution in [0.4, 0.5) is 5.69 Å². The Morgan fingerprint density at radius 3 is 2.86 bits per heavy atom. The molecule has 2 rings (SSSR count). The lowest BCUT2D eigenvalue weighted by Crippen LogP contribution is -2.06. The number of nitrogens with one attached hydrogen (secondary N) is 1. The maximum atomic E-state index is 8.85. The van der Waals surface area contributed by atoms with Gasteiger partial charge in [0.25, 0.3) is 0 Å². The van der Waals surface area contributed by atoms with Gasteiger partial charge in [0.2, 0.25) is 0 Å². The fourth-order valence-corrected chi connectivity index (χ4v) is 2.00. The molecule has 0 saturated heterocycles. The van der Waals surface area contributed by atoms with Gasteiger partial charge in [0, 0.05) is 5.69 Å². The van der Waals surface area contributed by atoms with Crippen LogP contribution in [0, 0.1) is 6.92 Å². The van der Waals surface area contributed by atoms with Crippen molar-refractivity contribution in [3.05, 3.63) is 35.7 Å². The topological polar surface area (TPSA) is 72.2 Å². The van der Waals surface area contributed by atoms with E-state index in [1.807, 2.05) is 45.2 Å². The van der Waals surface area contributed by atoms with Gasteiger partial charge in [0.15, 0.2) is 0 Å². The second-order valence-electron chi connectivity index (χ2n) is 5.19. The third-order valence-corrected chi connectivity index (χ3v) is 2.94. The van der Waals surface area contributed by atoms with Crippen molar-refractivity contribution in [3.8, 4) is 5.75 Å². The van der Waals surface area contributed by atoms with Crippen LogP contribution >= 0.6 is 0 Å². The number of ether oxygens (including phenoxy) is 1. The van der Waals surface area contributed by atoms with E-state index in [9.17, 15) is 0 Å². The van der Waals surface area contributed by atoms with Crippen molar-refractivity contribution in [3.63, 3.8) is 0 Å². The molecule has 0 amide bonds. The molecule has 0 fully saturated rings. The smallest absolute Gasteiger partial charge is 0.120 e. The molecular weight excluding hydrogens is 268 g/mol. The summed E-state index contributed by atoms with van der Waals surface area (Å²) in [4.78, 5) is 0. The normalized spacial score (nSPS) is 10.9. The summed E-state index contributed by atoms with van der Waals surface area (Å²) in [7, 11) is 0. The number of benzene rings is 1. The van der Waals surface area contributed by atoms with Crippen molar-refractivity contribution in [2.24, 2.45) is 0 Å². The Morgan fingerprint density at radius 2 is 2.19 bits per heavy atom. The molecule has 0 aliphatic carbocycles. The first kappa shape index (κ1) is 15.3. The number of aliphatic hydroxyl groups excluding tert-OH is 1. The standard InChI is InChI=1S/C15H22N4O2/c1-11(2)21-14-4-5-15(12(3)8-14)16-9-13-10-19(6-7-20)18-17-13/h4-5,8,10-11,16,20H,6-7,9H2,1-3H3. The highest BCUT2D eigenvalue weighted by Gasteiger charge is 2.04. The van der Waals surface area contributed by atoms with Crippen molar-refractivity contribution < 1.29 is 9.84 Å². The lowest BCUT2D eigenvalue weighted by molar-refractivity contribution is 0.242. The highest BCUT2D eigenvalue weighted by atomic mass is 16.5. The molecule has 0 radical (unpaired) electrons. The van der Waals surface area contributed by atoms with E-state index in [0.29, 0.717) is 13.1 Å². The lowest BCUT2D eigenvalue weighted by Gasteiger charge is -2.13. The maximum Gasteiger partial charge on any atom is 0.120 e. The van der Waals surface area contributed by atoms with Crippen LogP contribution in [0.1, 0.15) is 25.1 Å². The Labute approximate surface area is 124 Å². The number of nitrogens with zero attached hydrogens (tertiary/aromatic N) is 3. The van der Waals surface area contributed by atoms with E-state index < -0.39 is 0 Å². The molecule has 0 spiro atoms. The minimum atomic E-state index is 0.0622. The predicted molar refractivity (Wildman–Crippen MR) is 81.4 cm³/mol. The Balaban J connectivity index is 1.96. The number of aliphatic hydroxyl groups is 1. The van der Waals surface area contributed by atoms with Gasteiger partial charge in [-0.2, -0.15) is 0 Å². The van der Waals surface area contributed by atoms with Gasteiger partial charge < -0.3 is 15.2 Å². The molecule has 0 aliphatic heterocycles. The Kier molecular flexibility index (Phi) is 5.16. The summed E-state index contributed by atoms with van der Waals surface area (Å²) in [5, 5.41) is 20.2. The molecule has 0 saturated carbocycles. The molecular formula is C15H22N4O2. The highest BCUT2D eigenvalue weighted by Crippen LogP contribution is 2.22. The van der Waals surface area contributed by atoms with Gasteiger partial charge in [0.05, 0.1) is 32.0 Å². The molecule has 0 atom stereocenters. The monoisotopic (exact) mass is 290 g/mol. The number of aromatic nitrogens is 3. The first-order valence-corrected chi connectivity index (χ1v) is 7.09. The number of rotatable bonds is 7. The van der Waals surface area contributed by atoms with Crippen LogP contribution < -0.4 is 10.1 Å². The van der Waals surface area contributed by atoms with E-state index in [4.69, 9.17) is 9.84 Å². The number of aryl methyl sites for hydroxylation is 1. The molecule has 0 aliphatic rings. The van der Waals surface area contributed by atoms with E-state index in [0.717, 1.165) is 22.7 Å². The third kappa shape index (κ3) is 4.46. The fraction of sp³-hybridized carbons (Fsp3) is 0.467. The predicted octanol–water partition coefficient (Wildman–Crippen LogP) is 1.98. The molecule has 2 N–H and O–H groups in total. The zero-order valence-corrected chi connectivity index (χ0v) is 12.7. The summed E-state index contributed by atoms with van der Waals surface area (Å²) in [6.07, 6.45) is 2.00. The second-order valence-corrected chi connectivity index (χ2v) is 5.19. The van der Waals surface area contributed by atoms with Crippen LogP contribution in [-0.2, 0) is 13.1 Å². The molecule has 6 nitrogen and oxygen atoms in total. The highest BCUT2D eigenvalue weighted by molar-refractivity contribution is 5.53. The molecule has 6 heteroatoms. The van der Waals surface area contributed by atoms with Crippen molar-refractivity contribution in [2.45, 2.75) is 40.0 Å². The van der Waals surface area contributed by atoms with Crippen molar-refractivity contribution in [1.82, 2.24) is 15.0 Å². The van der Waals surface area contributed by atoms with E-state index in [2.05, 4.69) is 15.6 Å². The maximum absolute atomic E-state index is 8.85. The van der Waals surface area contributed by atoms with Crippen LogP contribution in [0.15, 0.2) is 24.4 Å². The van der Waals surface area contributed by atoms with E-state index >= 15 is 0 Å². The fourth-order valence-electron chi connectivity index (χ4n) is 2.00. The van der Waals surface area contributed by atoms with Crippen molar-refractivity contribution >= 4 is 5.69 Å². The third-order valence-electron chi connectivity index (χ3n) is 2.94. The van der Waals surface area contributed by atoms with Crippen LogP contribution in [0.5, 0.6) is 5.75 Å². The quantitative estimate of drug-likeness (QED) is 0.816. The molecule has 0 bridgehead atoms. The SMILES string of the molecule is Cc1cc(OC(C)C)ccc1NCc1cn(CCO)nn1. The summed E-state index contributed by atoms with van der Waals surface area (Å²) in [6, 6.07) is 5.98. The number of hydrogen-bond acceptors (Lipinski definition) is 5. The second kappa shape index (κ2) is 7.08. The molecule has 1 heterocycles. The zero-order chi connectivity index (χ0) is 15.2. The molecule has 114 valence electrons. The molecule has 1 aromatic carbocycles. The molecule has 0 unspecified atom stereocenters. The van der Waals surface area contributed by atoms with Crippen molar-refractivity contribution in [1.29, 1.82) is 0 Å². The Hall–Kier alpha value is -2.08. The van der Waals surface area contributed by atoms with Gasteiger partial charge in [-0.1, -0.05) is 5.21 Å². The van der Waals surface area contributed by atoms with Crippen molar-refractivity contribution in [2.75, 3.05) is 11.9 Å². The largest absolute Gasteiger partial charge is 0.491 e. The minimum Gasteiger partial charge on any atom is -0.491 e. The average molecular weight is 290 g/mol. The summed E-state index contributed by atoms with van der Waals surface area (Å²) >= 11 is 0. The van der Waals surface area contributed by atoms with E-state index in [-0.39, 0.29) is 12.7 Å². The zero-order valence-electron chi connectivity index (χ0n) is 12.7. The lowest BCUT2D eigenvalue weighted by atomic mass is 10.2. The van der Waals surface area contributed by atoms with E-state index in [1.54, 1.807) is 4.68 Å².